The number of anilines is 1. The van der Waals surface area contributed by atoms with Gasteiger partial charge in [-0.05, 0) is 37.5 Å². The van der Waals surface area contributed by atoms with Gasteiger partial charge in [-0.1, -0.05) is 17.8 Å². The number of thioether (sulfide) groups is 1. The summed E-state index contributed by atoms with van der Waals surface area (Å²) in [7, 11) is 1.56. The Labute approximate surface area is 155 Å². The van der Waals surface area contributed by atoms with Crippen molar-refractivity contribution in [2.45, 2.75) is 37.6 Å². The highest BCUT2D eigenvalue weighted by molar-refractivity contribution is 7.99. The summed E-state index contributed by atoms with van der Waals surface area (Å²) in [6.45, 7) is 3.11. The Morgan fingerprint density at radius 3 is 3.12 bits per heavy atom. The fraction of sp³-hybridized carbons (Fsp3) is 0.471. The zero-order chi connectivity index (χ0) is 18.5. The molecule has 9 heteroatoms. The second kappa shape index (κ2) is 8.41. The SMILES string of the molecule is COc1ccc(C)cc1NC(=O)CSc1n[nH]c(=O)n1C[C@H]1CCCO1. The first kappa shape index (κ1) is 18.5. The molecular weight excluding hydrogens is 356 g/mol. The van der Waals surface area contributed by atoms with Gasteiger partial charge in [0.2, 0.25) is 5.91 Å². The van der Waals surface area contributed by atoms with Crippen molar-refractivity contribution in [2.24, 2.45) is 0 Å². The third kappa shape index (κ3) is 4.47. The molecule has 2 heterocycles. The maximum atomic E-state index is 12.3. The van der Waals surface area contributed by atoms with Crippen molar-refractivity contribution in [3.63, 3.8) is 0 Å². The van der Waals surface area contributed by atoms with E-state index < -0.39 is 0 Å². The Balaban J connectivity index is 1.61. The normalized spacial score (nSPS) is 16.6. The van der Waals surface area contributed by atoms with Gasteiger partial charge in [0.25, 0.3) is 0 Å². The Hall–Kier alpha value is -2.26. The van der Waals surface area contributed by atoms with Gasteiger partial charge >= 0.3 is 5.69 Å². The van der Waals surface area contributed by atoms with E-state index in [9.17, 15) is 9.59 Å². The summed E-state index contributed by atoms with van der Waals surface area (Å²) in [6, 6.07) is 5.57. The number of hydrogen-bond donors (Lipinski definition) is 2. The van der Waals surface area contributed by atoms with Crippen molar-refractivity contribution in [1.82, 2.24) is 14.8 Å². The van der Waals surface area contributed by atoms with E-state index in [-0.39, 0.29) is 23.5 Å². The van der Waals surface area contributed by atoms with Crippen LogP contribution in [0.1, 0.15) is 18.4 Å². The number of aromatic amines is 1. The number of carbonyl (C=O) groups excluding carboxylic acids is 1. The van der Waals surface area contributed by atoms with Crippen molar-refractivity contribution in [2.75, 3.05) is 24.8 Å². The van der Waals surface area contributed by atoms with Gasteiger partial charge in [-0.3, -0.25) is 9.36 Å². The number of H-pyrrole nitrogens is 1. The van der Waals surface area contributed by atoms with Gasteiger partial charge in [0.1, 0.15) is 5.75 Å². The quantitative estimate of drug-likeness (QED) is 0.713. The predicted octanol–water partition coefficient (Wildman–Crippen LogP) is 1.80. The Morgan fingerprint density at radius 2 is 2.38 bits per heavy atom. The summed E-state index contributed by atoms with van der Waals surface area (Å²) >= 11 is 1.21. The van der Waals surface area contributed by atoms with Crippen LogP contribution in [0.2, 0.25) is 0 Å². The van der Waals surface area contributed by atoms with E-state index in [1.807, 2.05) is 25.1 Å². The Morgan fingerprint density at radius 1 is 1.54 bits per heavy atom. The number of amides is 1. The molecule has 1 amide bonds. The van der Waals surface area contributed by atoms with E-state index in [2.05, 4.69) is 15.5 Å². The number of ether oxygens (including phenoxy) is 2. The summed E-state index contributed by atoms with van der Waals surface area (Å²) in [5.41, 5.74) is 1.35. The second-order valence-corrected chi connectivity index (χ2v) is 7.04. The minimum atomic E-state index is -0.288. The standard InChI is InChI=1S/C17H22N4O4S/c1-11-5-6-14(24-2)13(8-11)18-15(22)10-26-17-20-19-16(23)21(17)9-12-4-3-7-25-12/h5-6,8,12H,3-4,7,9-10H2,1-2H3,(H,18,22)(H,19,23)/t12-/m1/s1. The van der Waals surface area contributed by atoms with Gasteiger partial charge in [-0.2, -0.15) is 0 Å². The predicted molar refractivity (Wildman–Crippen MR) is 98.9 cm³/mol. The molecule has 2 N–H and O–H groups in total. The number of benzene rings is 1. The van der Waals surface area contributed by atoms with Crippen LogP contribution in [0, 0.1) is 6.92 Å². The first-order valence-electron chi connectivity index (χ1n) is 8.41. The lowest BCUT2D eigenvalue weighted by Gasteiger charge is -2.12. The molecule has 1 aliphatic rings. The second-order valence-electron chi connectivity index (χ2n) is 6.10. The summed E-state index contributed by atoms with van der Waals surface area (Å²) < 4.78 is 12.4. The molecule has 1 atom stereocenters. The fourth-order valence-corrected chi connectivity index (χ4v) is 3.56. The van der Waals surface area contributed by atoms with E-state index in [4.69, 9.17) is 9.47 Å². The number of aryl methyl sites for hydroxylation is 1. The van der Waals surface area contributed by atoms with E-state index >= 15 is 0 Å². The molecule has 140 valence electrons. The van der Waals surface area contributed by atoms with Crippen molar-refractivity contribution < 1.29 is 14.3 Å². The third-order valence-corrected chi connectivity index (χ3v) is 5.07. The largest absolute Gasteiger partial charge is 0.495 e. The lowest BCUT2D eigenvalue weighted by molar-refractivity contribution is -0.113. The molecule has 1 aromatic carbocycles. The molecule has 8 nitrogen and oxygen atoms in total. The molecule has 1 aromatic heterocycles. The topological polar surface area (TPSA) is 98.2 Å². The first-order chi connectivity index (χ1) is 12.6. The highest BCUT2D eigenvalue weighted by Gasteiger charge is 2.20. The van der Waals surface area contributed by atoms with Crippen LogP contribution in [0.3, 0.4) is 0 Å². The van der Waals surface area contributed by atoms with Crippen molar-refractivity contribution >= 4 is 23.4 Å². The molecule has 0 radical (unpaired) electrons. The van der Waals surface area contributed by atoms with Crippen LogP contribution < -0.4 is 15.7 Å². The van der Waals surface area contributed by atoms with Crippen LogP contribution in [0.5, 0.6) is 5.75 Å². The summed E-state index contributed by atoms with van der Waals surface area (Å²) in [5.74, 6) is 0.537. The van der Waals surface area contributed by atoms with Crippen LogP contribution in [0.15, 0.2) is 28.2 Å². The monoisotopic (exact) mass is 378 g/mol. The summed E-state index contributed by atoms with van der Waals surface area (Å²) in [6.07, 6.45) is 1.95. The summed E-state index contributed by atoms with van der Waals surface area (Å²) in [4.78, 5) is 24.2. The van der Waals surface area contributed by atoms with Gasteiger partial charge in [0.15, 0.2) is 5.16 Å². The van der Waals surface area contributed by atoms with Crippen molar-refractivity contribution in [3.8, 4) is 5.75 Å². The van der Waals surface area contributed by atoms with Crippen LogP contribution in [-0.2, 0) is 16.1 Å². The molecule has 3 rings (SSSR count). The number of carbonyl (C=O) groups is 1. The Bertz CT molecular complexity index is 826. The molecule has 1 fully saturated rings. The molecule has 1 saturated heterocycles. The molecule has 0 bridgehead atoms. The summed E-state index contributed by atoms with van der Waals surface area (Å²) in [5, 5.41) is 9.77. The number of nitrogens with zero attached hydrogens (tertiary/aromatic N) is 2. The van der Waals surface area contributed by atoms with E-state index in [0.717, 1.165) is 25.0 Å². The number of rotatable bonds is 7. The van der Waals surface area contributed by atoms with Crippen LogP contribution >= 0.6 is 11.8 Å². The number of methoxy groups -OCH3 is 1. The molecule has 26 heavy (non-hydrogen) atoms. The van der Waals surface area contributed by atoms with Crippen LogP contribution in [0.25, 0.3) is 0 Å². The lowest BCUT2D eigenvalue weighted by atomic mass is 10.2. The van der Waals surface area contributed by atoms with Crippen molar-refractivity contribution in [3.05, 3.63) is 34.2 Å². The van der Waals surface area contributed by atoms with Gasteiger partial charge < -0.3 is 14.8 Å². The highest BCUT2D eigenvalue weighted by atomic mass is 32.2. The van der Waals surface area contributed by atoms with E-state index in [0.29, 0.717) is 23.1 Å². The van der Waals surface area contributed by atoms with Gasteiger partial charge in [-0.25, -0.2) is 9.89 Å². The molecule has 0 saturated carbocycles. The number of aromatic nitrogens is 3. The molecule has 0 spiro atoms. The van der Waals surface area contributed by atoms with Crippen molar-refractivity contribution in [1.29, 1.82) is 0 Å². The zero-order valence-electron chi connectivity index (χ0n) is 14.8. The maximum Gasteiger partial charge on any atom is 0.344 e. The zero-order valence-corrected chi connectivity index (χ0v) is 15.6. The number of nitrogens with one attached hydrogen (secondary N) is 2. The Kier molecular flexibility index (Phi) is 6.00. The van der Waals surface area contributed by atoms with E-state index in [1.54, 1.807) is 7.11 Å². The smallest absolute Gasteiger partial charge is 0.344 e. The minimum Gasteiger partial charge on any atom is -0.495 e. The third-order valence-electron chi connectivity index (χ3n) is 4.09. The van der Waals surface area contributed by atoms with Gasteiger partial charge in [0, 0.05) is 6.61 Å². The van der Waals surface area contributed by atoms with Crippen LogP contribution in [0.4, 0.5) is 5.69 Å². The van der Waals surface area contributed by atoms with Crippen LogP contribution in [-0.4, -0.2) is 46.2 Å². The first-order valence-corrected chi connectivity index (χ1v) is 9.39. The number of hydrogen-bond acceptors (Lipinski definition) is 6. The van der Waals surface area contributed by atoms with E-state index in [1.165, 1.54) is 16.3 Å². The molecule has 0 unspecified atom stereocenters. The highest BCUT2D eigenvalue weighted by Crippen LogP contribution is 2.26. The minimum absolute atomic E-state index is 0.0232. The molecule has 1 aliphatic heterocycles. The maximum absolute atomic E-state index is 12.3. The molecular formula is C17H22N4O4S. The lowest BCUT2D eigenvalue weighted by Crippen LogP contribution is -2.25. The average molecular weight is 378 g/mol. The van der Waals surface area contributed by atoms with Gasteiger partial charge in [-0.15, -0.1) is 5.10 Å². The fourth-order valence-electron chi connectivity index (χ4n) is 2.80. The van der Waals surface area contributed by atoms with Gasteiger partial charge in [0.05, 0.1) is 31.2 Å². The average Bonchev–Trinajstić information content (AvgIpc) is 3.25. The molecule has 2 aromatic rings. The molecule has 0 aliphatic carbocycles.